The van der Waals surface area contributed by atoms with Gasteiger partial charge in [-0.05, 0) is 85.6 Å². The van der Waals surface area contributed by atoms with Gasteiger partial charge in [0.2, 0.25) is 0 Å². The van der Waals surface area contributed by atoms with Gasteiger partial charge in [-0.25, -0.2) is 0 Å². The van der Waals surface area contributed by atoms with Crippen LogP contribution in [0.5, 0.6) is 0 Å². The van der Waals surface area contributed by atoms with Crippen molar-refractivity contribution in [3.63, 3.8) is 0 Å². The topological polar surface area (TPSA) is 35.8 Å². The standard InChI is InChI=1S/C30H41F3N2/c1-5-7-8-9-10-11-12-24-14-13-22(3)19-26(24)20-23(4)29(35-28(6-2)21-34)25-15-17-27(18-16-25)30(31,32)33/h5,14-19,22-23,28-29,35H,1,6-13,20H2,2-4H3. The van der Waals surface area contributed by atoms with E-state index in [9.17, 15) is 18.4 Å². The molecule has 1 aromatic carbocycles. The van der Waals surface area contributed by atoms with Crippen LogP contribution >= 0.6 is 0 Å². The lowest BCUT2D eigenvalue weighted by Crippen LogP contribution is -2.35. The van der Waals surface area contributed by atoms with Crippen LogP contribution in [0, 0.1) is 23.2 Å². The Hall–Kier alpha value is -2.32. The molecule has 0 aliphatic heterocycles. The molecule has 0 radical (unpaired) electrons. The summed E-state index contributed by atoms with van der Waals surface area (Å²) >= 11 is 0. The molecule has 2 nitrogen and oxygen atoms in total. The van der Waals surface area contributed by atoms with Crippen molar-refractivity contribution in [2.75, 3.05) is 0 Å². The van der Waals surface area contributed by atoms with Crippen molar-refractivity contribution >= 4 is 0 Å². The first-order valence-corrected chi connectivity index (χ1v) is 13.0. The smallest absolute Gasteiger partial charge is 0.295 e. The molecule has 2 rings (SSSR count). The number of hydrogen-bond donors (Lipinski definition) is 1. The molecular weight excluding hydrogens is 445 g/mol. The second-order valence-electron chi connectivity index (χ2n) is 9.91. The Labute approximate surface area is 210 Å². The SMILES string of the molecule is C=CCCCCCCC1=CCC(C)C=C1CC(C)C(NC(C#N)CC)c1ccc(C(F)(F)F)cc1. The minimum Gasteiger partial charge on any atom is -0.295 e. The molecule has 0 bridgehead atoms. The molecular formula is C30H41F3N2. The van der Waals surface area contributed by atoms with Crippen molar-refractivity contribution in [1.82, 2.24) is 5.32 Å². The number of unbranched alkanes of at least 4 members (excludes halogenated alkanes) is 4. The number of rotatable bonds is 14. The number of allylic oxidation sites excluding steroid dienone is 5. The Bertz CT molecular complexity index is 890. The summed E-state index contributed by atoms with van der Waals surface area (Å²) in [5.74, 6) is 0.593. The van der Waals surface area contributed by atoms with Crippen LogP contribution in [-0.4, -0.2) is 6.04 Å². The van der Waals surface area contributed by atoms with Gasteiger partial charge >= 0.3 is 6.18 Å². The van der Waals surface area contributed by atoms with Crippen LogP contribution in [0.1, 0.15) is 95.7 Å². The van der Waals surface area contributed by atoms with Crippen molar-refractivity contribution in [3.05, 3.63) is 71.3 Å². The van der Waals surface area contributed by atoms with Crippen molar-refractivity contribution in [1.29, 1.82) is 5.26 Å². The van der Waals surface area contributed by atoms with Crippen LogP contribution in [0.2, 0.25) is 0 Å². The second-order valence-corrected chi connectivity index (χ2v) is 9.91. The van der Waals surface area contributed by atoms with Crippen LogP contribution in [-0.2, 0) is 6.18 Å². The van der Waals surface area contributed by atoms with Gasteiger partial charge in [-0.3, -0.25) is 5.32 Å². The van der Waals surface area contributed by atoms with E-state index in [0.717, 1.165) is 49.8 Å². The van der Waals surface area contributed by atoms with Crippen molar-refractivity contribution in [2.24, 2.45) is 11.8 Å². The molecule has 1 aromatic rings. The number of alkyl halides is 3. The zero-order valence-electron chi connectivity index (χ0n) is 21.5. The molecule has 192 valence electrons. The highest BCUT2D eigenvalue weighted by atomic mass is 19.4. The Morgan fingerprint density at radius 3 is 2.43 bits per heavy atom. The van der Waals surface area contributed by atoms with E-state index in [1.165, 1.54) is 30.4 Å². The molecule has 0 fully saturated rings. The molecule has 0 saturated carbocycles. The summed E-state index contributed by atoms with van der Waals surface area (Å²) in [6.07, 6.45) is 11.8. The van der Waals surface area contributed by atoms with Crippen LogP contribution in [0.15, 0.2) is 60.2 Å². The monoisotopic (exact) mass is 486 g/mol. The predicted molar refractivity (Wildman–Crippen MR) is 139 cm³/mol. The normalized spacial score (nSPS) is 18.7. The summed E-state index contributed by atoms with van der Waals surface area (Å²) in [5, 5.41) is 13.0. The fourth-order valence-corrected chi connectivity index (χ4v) is 4.79. The Balaban J connectivity index is 2.16. The lowest BCUT2D eigenvalue weighted by atomic mass is 9.81. The van der Waals surface area contributed by atoms with E-state index < -0.39 is 11.7 Å². The van der Waals surface area contributed by atoms with Gasteiger partial charge < -0.3 is 0 Å². The molecule has 4 atom stereocenters. The van der Waals surface area contributed by atoms with E-state index in [0.29, 0.717) is 12.3 Å². The summed E-state index contributed by atoms with van der Waals surface area (Å²) in [4.78, 5) is 0. The first-order valence-electron chi connectivity index (χ1n) is 13.0. The molecule has 1 N–H and O–H groups in total. The van der Waals surface area contributed by atoms with Crippen LogP contribution in [0.4, 0.5) is 13.2 Å². The summed E-state index contributed by atoms with van der Waals surface area (Å²) in [6.45, 7) is 10.1. The van der Waals surface area contributed by atoms with E-state index in [4.69, 9.17) is 0 Å². The molecule has 5 heteroatoms. The summed E-state index contributed by atoms with van der Waals surface area (Å²) < 4.78 is 39.3. The molecule has 4 unspecified atom stereocenters. The zero-order valence-corrected chi connectivity index (χ0v) is 21.5. The quantitative estimate of drug-likeness (QED) is 0.210. The highest BCUT2D eigenvalue weighted by Gasteiger charge is 2.31. The molecule has 0 aromatic heterocycles. The van der Waals surface area contributed by atoms with Crippen LogP contribution in [0.25, 0.3) is 0 Å². The fraction of sp³-hybridized carbons (Fsp3) is 0.567. The lowest BCUT2D eigenvalue weighted by Gasteiger charge is -2.30. The van der Waals surface area contributed by atoms with Gasteiger partial charge in [0, 0.05) is 6.04 Å². The first kappa shape index (κ1) is 28.9. The minimum absolute atomic E-state index is 0.113. The zero-order chi connectivity index (χ0) is 25.8. The highest BCUT2D eigenvalue weighted by Crippen LogP contribution is 2.36. The predicted octanol–water partition coefficient (Wildman–Crippen LogP) is 9.08. The molecule has 0 saturated heterocycles. The van der Waals surface area contributed by atoms with Gasteiger partial charge in [0.05, 0.1) is 17.7 Å². The average Bonchev–Trinajstić information content (AvgIpc) is 2.82. The third-order valence-corrected chi connectivity index (χ3v) is 6.89. The second kappa shape index (κ2) is 14.3. The van der Waals surface area contributed by atoms with Crippen molar-refractivity contribution in [2.45, 2.75) is 96.8 Å². The number of nitrogens with one attached hydrogen (secondary N) is 1. The number of hydrogen-bond acceptors (Lipinski definition) is 2. The van der Waals surface area contributed by atoms with E-state index >= 15 is 0 Å². The van der Waals surface area contributed by atoms with Crippen molar-refractivity contribution in [3.8, 4) is 6.07 Å². The van der Waals surface area contributed by atoms with Gasteiger partial charge in [-0.2, -0.15) is 18.4 Å². The van der Waals surface area contributed by atoms with Gasteiger partial charge in [0.25, 0.3) is 0 Å². The number of nitriles is 1. The largest absolute Gasteiger partial charge is 0.416 e. The molecule has 1 aliphatic rings. The Kier molecular flexibility index (Phi) is 11.8. The van der Waals surface area contributed by atoms with Gasteiger partial charge in [-0.15, -0.1) is 6.58 Å². The van der Waals surface area contributed by atoms with Crippen LogP contribution < -0.4 is 5.32 Å². The number of nitrogens with zero attached hydrogens (tertiary/aromatic N) is 1. The van der Waals surface area contributed by atoms with Gasteiger partial charge in [0.15, 0.2) is 0 Å². The third-order valence-electron chi connectivity index (χ3n) is 6.89. The molecule has 1 aliphatic carbocycles. The fourth-order valence-electron chi connectivity index (χ4n) is 4.79. The molecule has 0 amide bonds. The van der Waals surface area contributed by atoms with E-state index in [-0.39, 0.29) is 18.0 Å². The molecule has 0 spiro atoms. The highest BCUT2D eigenvalue weighted by molar-refractivity contribution is 5.36. The average molecular weight is 487 g/mol. The Morgan fingerprint density at radius 2 is 1.83 bits per heavy atom. The van der Waals surface area contributed by atoms with Crippen LogP contribution in [0.3, 0.4) is 0 Å². The molecule has 35 heavy (non-hydrogen) atoms. The van der Waals surface area contributed by atoms with Gasteiger partial charge in [-0.1, -0.05) is 64.0 Å². The lowest BCUT2D eigenvalue weighted by molar-refractivity contribution is -0.137. The van der Waals surface area contributed by atoms with Crippen molar-refractivity contribution < 1.29 is 13.2 Å². The maximum Gasteiger partial charge on any atom is 0.416 e. The molecule has 0 heterocycles. The maximum atomic E-state index is 13.1. The number of benzene rings is 1. The van der Waals surface area contributed by atoms with Gasteiger partial charge in [0.1, 0.15) is 0 Å². The maximum absolute atomic E-state index is 13.1. The van der Waals surface area contributed by atoms with E-state index in [1.807, 2.05) is 13.0 Å². The summed E-state index contributed by atoms with van der Waals surface area (Å²) in [5.41, 5.74) is 2.90. The minimum atomic E-state index is -4.36. The third kappa shape index (κ3) is 9.33. The number of halogens is 3. The summed E-state index contributed by atoms with van der Waals surface area (Å²) in [6, 6.07) is 7.12. The Morgan fingerprint density at radius 1 is 1.14 bits per heavy atom. The summed E-state index contributed by atoms with van der Waals surface area (Å²) in [7, 11) is 0. The van der Waals surface area contributed by atoms with E-state index in [1.54, 1.807) is 12.1 Å². The first-order chi connectivity index (χ1) is 16.7. The van der Waals surface area contributed by atoms with E-state index in [2.05, 4.69) is 44.0 Å².